The second-order valence-corrected chi connectivity index (χ2v) is 1.35. The van der Waals surface area contributed by atoms with Gasteiger partial charge in [0.2, 0.25) is 5.39 Å². The Morgan fingerprint density at radius 1 is 1.90 bits per heavy atom. The van der Waals surface area contributed by atoms with Crippen LogP contribution >= 0.6 is 0 Å². The molecule has 0 bridgehead atoms. The number of esters is 1. The fraction of sp³-hybridized carbons (Fsp3) is 0.400. The minimum absolute atomic E-state index is 0.169. The second-order valence-electron chi connectivity index (χ2n) is 1.35. The maximum atomic E-state index is 10.4. The molecule has 0 spiro atoms. The molecule has 0 aromatic heterocycles. The zero-order valence-corrected chi connectivity index (χ0v) is 5.44. The lowest BCUT2D eigenvalue weighted by molar-refractivity contribution is -0.141. The molecule has 0 atom stereocenters. The normalized spacial score (nSPS) is 10.2. The van der Waals surface area contributed by atoms with E-state index in [1.54, 1.807) is 6.92 Å². The second kappa shape index (κ2) is 4.32. The van der Waals surface area contributed by atoms with Crippen LogP contribution in [0.2, 0.25) is 0 Å². The van der Waals surface area contributed by atoms with Crippen LogP contribution in [0.1, 0.15) is 6.92 Å². The van der Waals surface area contributed by atoms with E-state index in [4.69, 9.17) is 10.5 Å². The molecule has 0 rings (SSSR count). The highest BCUT2D eigenvalue weighted by molar-refractivity contribution is 5.85. The summed E-state index contributed by atoms with van der Waals surface area (Å²) < 4.78 is 4.33. The van der Waals surface area contributed by atoms with Crippen molar-refractivity contribution < 1.29 is 14.6 Å². The summed E-state index contributed by atoms with van der Waals surface area (Å²) in [6.45, 7) is 1.77. The Kier molecular flexibility index (Phi) is 3.64. The molecule has 0 radical (unpaired) electrons. The molecule has 0 aliphatic carbocycles. The summed E-state index contributed by atoms with van der Waals surface area (Å²) in [6.07, 6.45) is 0.595. The van der Waals surface area contributed by atoms with Crippen molar-refractivity contribution in [2.75, 3.05) is 6.61 Å². The summed E-state index contributed by atoms with van der Waals surface area (Å²) >= 11 is 0. The van der Waals surface area contributed by atoms with Crippen LogP contribution in [0.25, 0.3) is 4.98 Å². The number of aliphatic hydroxyl groups excluding tert-OH is 1. The Hall–Kier alpha value is -1.57. The maximum Gasteiger partial charge on any atom is 0.399 e. The van der Waals surface area contributed by atoms with Gasteiger partial charge in [-0.3, -0.25) is 0 Å². The Bertz CT molecular complexity index is 192. The third-order valence-corrected chi connectivity index (χ3v) is 0.665. The predicted molar refractivity (Wildman–Crippen MR) is 32.4 cm³/mol. The van der Waals surface area contributed by atoms with Crippen molar-refractivity contribution in [2.24, 2.45) is 0 Å². The van der Waals surface area contributed by atoms with Crippen LogP contribution in [-0.2, 0) is 9.53 Å². The molecule has 0 aromatic rings. The third kappa shape index (κ3) is 2.67. The summed E-state index contributed by atoms with van der Waals surface area (Å²) in [6, 6.07) is 0. The molecule has 1 N–H and O–H groups in total. The van der Waals surface area contributed by atoms with Gasteiger partial charge in [-0.15, -0.1) is 0 Å². The number of ether oxygens (including phenoxy) is 1. The highest BCUT2D eigenvalue weighted by atomic mass is 16.5. The summed E-state index contributed by atoms with van der Waals surface area (Å²) in [5.41, 5.74) is 0. The molecule has 5 nitrogen and oxygen atoms in total. The fourth-order valence-corrected chi connectivity index (χ4v) is 0.312. The quantitative estimate of drug-likeness (QED) is 0.268. The lowest BCUT2D eigenvalue weighted by Crippen LogP contribution is -2.06. The average molecular weight is 143 g/mol. The van der Waals surface area contributed by atoms with Gasteiger partial charge in [-0.25, -0.2) is 4.79 Å². The van der Waals surface area contributed by atoms with Gasteiger partial charge < -0.3 is 9.84 Å². The van der Waals surface area contributed by atoms with Crippen molar-refractivity contribution in [3.63, 3.8) is 0 Å². The lowest BCUT2D eigenvalue weighted by atomic mass is 10.5. The van der Waals surface area contributed by atoms with Crippen molar-refractivity contribution in [2.45, 2.75) is 6.92 Å². The number of carbonyl (C=O) groups excluding carboxylic acids is 1. The topological polar surface area (TPSA) is 74.7 Å². The Morgan fingerprint density at radius 3 is 2.90 bits per heavy atom. The summed E-state index contributed by atoms with van der Waals surface area (Å²) in [4.78, 5) is 12.8. The van der Waals surface area contributed by atoms with Crippen LogP contribution in [0.3, 0.4) is 0 Å². The van der Waals surface area contributed by atoms with E-state index in [1.165, 1.54) is 0 Å². The van der Waals surface area contributed by atoms with E-state index in [2.05, 4.69) is 9.71 Å². The number of nitrogens with zero attached hydrogens (tertiary/aromatic N) is 2. The molecular weight excluding hydrogens is 136 g/mol. The van der Waals surface area contributed by atoms with Crippen LogP contribution < -0.4 is 0 Å². The van der Waals surface area contributed by atoms with Crippen molar-refractivity contribution in [1.29, 1.82) is 5.39 Å². The number of diazo groups is 1. The molecule has 5 heteroatoms. The minimum atomic E-state index is -0.903. The van der Waals surface area contributed by atoms with E-state index < -0.39 is 11.7 Å². The van der Waals surface area contributed by atoms with Crippen molar-refractivity contribution >= 4 is 5.97 Å². The summed E-state index contributed by atoms with van der Waals surface area (Å²) in [5.74, 6) is -1.62. The molecule has 0 aliphatic rings. The largest absolute Gasteiger partial charge is 0.497 e. The molecule has 0 saturated carbocycles. The third-order valence-electron chi connectivity index (χ3n) is 0.665. The van der Waals surface area contributed by atoms with Gasteiger partial charge in [-0.1, -0.05) is 0 Å². The van der Waals surface area contributed by atoms with Crippen LogP contribution in [-0.4, -0.2) is 17.7 Å². The van der Waals surface area contributed by atoms with Gasteiger partial charge in [0.1, 0.15) is 0 Å². The molecule has 0 amide bonds. The smallest absolute Gasteiger partial charge is 0.399 e. The number of aliphatic hydroxyl groups is 1. The number of hydrogen-bond donors (Lipinski definition) is 1. The monoisotopic (exact) mass is 143 g/mol. The number of rotatable bonds is 2. The molecule has 0 aromatic carbocycles. The van der Waals surface area contributed by atoms with Crippen molar-refractivity contribution in [3.05, 3.63) is 16.9 Å². The average Bonchev–Trinajstić information content (AvgIpc) is 1.89. The Balaban J connectivity index is 3.98. The van der Waals surface area contributed by atoms with Gasteiger partial charge >= 0.3 is 12.2 Å². The summed E-state index contributed by atoms with van der Waals surface area (Å²) in [5, 5.41) is 16.4. The Morgan fingerprint density at radius 2 is 2.50 bits per heavy atom. The highest BCUT2D eigenvalue weighted by Crippen LogP contribution is 1.92. The number of hydrogen-bond acceptors (Lipinski definition) is 4. The standard InChI is InChI=1S/C5H6N2O3/c1-2-10-5(9)4(8)3-7-6/h3H,2H2,1H3/p+1/b4-3+. The van der Waals surface area contributed by atoms with Gasteiger partial charge in [0.25, 0.3) is 5.76 Å². The van der Waals surface area contributed by atoms with E-state index in [9.17, 15) is 4.79 Å². The highest BCUT2D eigenvalue weighted by Gasteiger charge is 2.12. The van der Waals surface area contributed by atoms with Crippen molar-refractivity contribution in [3.8, 4) is 0 Å². The van der Waals surface area contributed by atoms with Gasteiger partial charge in [0, 0.05) is 0 Å². The Labute approximate surface area is 57.5 Å². The maximum absolute atomic E-state index is 10.4. The SMILES string of the molecule is CCOC(=O)/C(O)=C\[N+]#N. The van der Waals surface area contributed by atoms with Crippen LogP contribution in [0.5, 0.6) is 0 Å². The molecule has 54 valence electrons. The van der Waals surface area contributed by atoms with Crippen molar-refractivity contribution in [1.82, 2.24) is 0 Å². The molecule has 0 fully saturated rings. The molecular formula is C5H7N2O3+. The van der Waals surface area contributed by atoms with E-state index in [0.29, 0.717) is 6.20 Å². The van der Waals surface area contributed by atoms with Gasteiger partial charge in [-0.2, -0.15) is 0 Å². The van der Waals surface area contributed by atoms with Crippen LogP contribution in [0, 0.1) is 5.39 Å². The first-order valence-corrected chi connectivity index (χ1v) is 2.62. The van der Waals surface area contributed by atoms with Gasteiger partial charge in [-0.05, 0) is 6.92 Å². The fourth-order valence-electron chi connectivity index (χ4n) is 0.312. The van der Waals surface area contributed by atoms with E-state index in [0.717, 1.165) is 0 Å². The lowest BCUT2D eigenvalue weighted by Gasteiger charge is -1.94. The van der Waals surface area contributed by atoms with Crippen LogP contribution in [0.4, 0.5) is 0 Å². The van der Waals surface area contributed by atoms with Gasteiger partial charge in [0.15, 0.2) is 4.98 Å². The predicted octanol–water partition coefficient (Wildman–Crippen LogP) is 0.802. The minimum Gasteiger partial charge on any atom is -0.497 e. The molecule has 0 unspecified atom stereocenters. The van der Waals surface area contributed by atoms with E-state index in [1.807, 2.05) is 0 Å². The molecule has 0 saturated heterocycles. The number of carbonyl (C=O) groups is 1. The zero-order valence-electron chi connectivity index (χ0n) is 5.44. The summed E-state index contributed by atoms with van der Waals surface area (Å²) in [7, 11) is 0. The van der Waals surface area contributed by atoms with Crippen LogP contribution in [0.15, 0.2) is 12.0 Å². The molecule has 0 aliphatic heterocycles. The first-order valence-electron chi connectivity index (χ1n) is 2.62. The first-order chi connectivity index (χ1) is 4.72. The van der Waals surface area contributed by atoms with E-state index in [-0.39, 0.29) is 6.61 Å². The van der Waals surface area contributed by atoms with Gasteiger partial charge in [0.05, 0.1) is 6.61 Å². The first kappa shape index (κ1) is 8.43. The zero-order chi connectivity index (χ0) is 7.98. The molecule has 0 heterocycles. The molecule has 10 heavy (non-hydrogen) atoms. The van der Waals surface area contributed by atoms with E-state index >= 15 is 0 Å².